The Morgan fingerprint density at radius 2 is 1.85 bits per heavy atom. The summed E-state index contributed by atoms with van der Waals surface area (Å²) in [7, 11) is 1.37. The molecule has 0 N–H and O–H groups in total. The number of nitrogens with zero attached hydrogens (tertiary/aromatic N) is 1. The molecule has 1 amide bonds. The molecule has 0 bridgehead atoms. The van der Waals surface area contributed by atoms with E-state index in [2.05, 4.69) is 0 Å². The Morgan fingerprint density at radius 1 is 1.12 bits per heavy atom. The molecule has 1 aliphatic heterocycles. The molecule has 6 heteroatoms. The van der Waals surface area contributed by atoms with E-state index in [0.29, 0.717) is 31.0 Å². The summed E-state index contributed by atoms with van der Waals surface area (Å²) in [5.41, 5.74) is 1.68. The lowest BCUT2D eigenvalue weighted by Crippen LogP contribution is -2.44. The number of methoxy groups -OCH3 is 1. The van der Waals surface area contributed by atoms with E-state index in [1.54, 1.807) is 29.2 Å². The highest BCUT2D eigenvalue weighted by Gasteiger charge is 2.30. The fourth-order valence-electron chi connectivity index (χ4n) is 2.73. The molecular weight excluding hydrogens is 350 g/mol. The maximum atomic E-state index is 12.7. The number of thioether (sulfide) groups is 1. The van der Waals surface area contributed by atoms with Crippen molar-refractivity contribution in [2.45, 2.75) is 11.9 Å². The highest BCUT2D eigenvalue weighted by Crippen LogP contribution is 2.22. The lowest BCUT2D eigenvalue weighted by atomic mass is 10.2. The van der Waals surface area contributed by atoms with Crippen LogP contribution in [0.3, 0.4) is 0 Å². The van der Waals surface area contributed by atoms with Crippen LogP contribution in [0.25, 0.3) is 0 Å². The Balaban J connectivity index is 1.59. The molecule has 0 saturated carbocycles. The Morgan fingerprint density at radius 3 is 2.54 bits per heavy atom. The number of amides is 1. The van der Waals surface area contributed by atoms with Crippen LogP contribution in [0.1, 0.15) is 15.9 Å². The van der Waals surface area contributed by atoms with E-state index in [-0.39, 0.29) is 17.1 Å². The predicted octanol–water partition coefficient (Wildman–Crippen LogP) is 3.00. The molecule has 0 aromatic heterocycles. The lowest BCUT2D eigenvalue weighted by molar-refractivity contribution is -0.140. The molecule has 1 aliphatic rings. The Labute approximate surface area is 157 Å². The van der Waals surface area contributed by atoms with Gasteiger partial charge in [0.1, 0.15) is 17.6 Å². The van der Waals surface area contributed by atoms with Gasteiger partial charge in [0, 0.05) is 24.4 Å². The third kappa shape index (κ3) is 4.58. The summed E-state index contributed by atoms with van der Waals surface area (Å²) in [6.45, 7) is 1.49. The summed E-state index contributed by atoms with van der Waals surface area (Å²) < 4.78 is 10.5. The third-order valence-electron chi connectivity index (χ3n) is 4.17. The molecule has 2 aromatic rings. The largest absolute Gasteiger partial charge is 0.489 e. The predicted molar refractivity (Wildman–Crippen MR) is 101 cm³/mol. The number of carbonyl (C=O) groups is 2. The molecule has 1 fully saturated rings. The zero-order valence-electron chi connectivity index (χ0n) is 14.6. The summed E-state index contributed by atoms with van der Waals surface area (Å²) in [6, 6.07) is 17.0. The van der Waals surface area contributed by atoms with Crippen molar-refractivity contribution in [3.63, 3.8) is 0 Å². The van der Waals surface area contributed by atoms with Crippen molar-refractivity contribution in [2.75, 3.05) is 26.0 Å². The standard InChI is InChI=1S/C20H21NO4S/c1-24-20(23)18-13-21(11-12-26-18)19(22)16-7-9-17(10-8-16)25-14-15-5-3-2-4-6-15/h2-10,18H,11-14H2,1H3/t18-/m0/s1. The van der Waals surface area contributed by atoms with E-state index in [0.717, 1.165) is 11.3 Å². The monoisotopic (exact) mass is 371 g/mol. The van der Waals surface area contributed by atoms with Crippen molar-refractivity contribution in [3.8, 4) is 5.75 Å². The Hall–Kier alpha value is -2.47. The average molecular weight is 371 g/mol. The van der Waals surface area contributed by atoms with Gasteiger partial charge in [-0.2, -0.15) is 0 Å². The van der Waals surface area contributed by atoms with Gasteiger partial charge in [0.15, 0.2) is 0 Å². The number of esters is 1. The number of carbonyl (C=O) groups excluding carboxylic acids is 2. The number of benzene rings is 2. The molecule has 0 unspecified atom stereocenters. The number of hydrogen-bond donors (Lipinski definition) is 0. The first-order chi connectivity index (χ1) is 12.7. The van der Waals surface area contributed by atoms with Crippen molar-refractivity contribution < 1.29 is 19.1 Å². The van der Waals surface area contributed by atoms with Crippen molar-refractivity contribution >= 4 is 23.6 Å². The summed E-state index contributed by atoms with van der Waals surface area (Å²) in [4.78, 5) is 26.1. The van der Waals surface area contributed by atoms with Crippen molar-refractivity contribution in [2.24, 2.45) is 0 Å². The van der Waals surface area contributed by atoms with Crippen LogP contribution in [0.5, 0.6) is 5.75 Å². The molecule has 0 aliphatic carbocycles. The summed E-state index contributed by atoms with van der Waals surface area (Å²) in [5.74, 6) is 1.09. The second-order valence-electron chi connectivity index (χ2n) is 5.93. The first kappa shape index (κ1) is 18.3. The molecule has 1 atom stereocenters. The van der Waals surface area contributed by atoms with Gasteiger partial charge in [-0.25, -0.2) is 0 Å². The summed E-state index contributed by atoms with van der Waals surface area (Å²) in [5, 5.41) is -0.314. The molecule has 5 nitrogen and oxygen atoms in total. The quantitative estimate of drug-likeness (QED) is 0.757. The smallest absolute Gasteiger partial charge is 0.320 e. The topological polar surface area (TPSA) is 55.8 Å². The average Bonchev–Trinajstić information content (AvgIpc) is 2.72. The number of ether oxygens (including phenoxy) is 2. The molecule has 136 valence electrons. The molecular formula is C20H21NO4S. The van der Waals surface area contributed by atoms with Crippen LogP contribution in [0, 0.1) is 0 Å². The Bertz CT molecular complexity index is 748. The van der Waals surface area contributed by atoms with E-state index in [1.807, 2.05) is 30.3 Å². The van der Waals surface area contributed by atoms with Crippen LogP contribution in [0.4, 0.5) is 0 Å². The highest BCUT2D eigenvalue weighted by molar-refractivity contribution is 8.00. The first-order valence-electron chi connectivity index (χ1n) is 8.43. The minimum atomic E-state index is -0.314. The maximum Gasteiger partial charge on any atom is 0.320 e. The van der Waals surface area contributed by atoms with Crippen LogP contribution >= 0.6 is 11.8 Å². The zero-order valence-corrected chi connectivity index (χ0v) is 15.4. The molecule has 3 rings (SSSR count). The van der Waals surface area contributed by atoms with Crippen LogP contribution < -0.4 is 4.74 Å². The van der Waals surface area contributed by atoms with Crippen LogP contribution in [-0.4, -0.2) is 48.0 Å². The minimum absolute atomic E-state index is 0.0752. The van der Waals surface area contributed by atoms with Gasteiger partial charge >= 0.3 is 5.97 Å². The van der Waals surface area contributed by atoms with Gasteiger partial charge in [0.25, 0.3) is 5.91 Å². The molecule has 2 aromatic carbocycles. The number of rotatable bonds is 5. The Kier molecular flexibility index (Phi) is 6.17. The van der Waals surface area contributed by atoms with Gasteiger partial charge in [-0.05, 0) is 29.8 Å². The summed E-state index contributed by atoms with van der Waals surface area (Å²) >= 11 is 1.53. The van der Waals surface area contributed by atoms with Crippen molar-refractivity contribution in [1.82, 2.24) is 4.90 Å². The van der Waals surface area contributed by atoms with E-state index in [9.17, 15) is 9.59 Å². The molecule has 0 radical (unpaired) electrons. The van der Waals surface area contributed by atoms with Crippen LogP contribution in [-0.2, 0) is 16.1 Å². The van der Waals surface area contributed by atoms with Crippen LogP contribution in [0.2, 0.25) is 0 Å². The minimum Gasteiger partial charge on any atom is -0.489 e. The molecule has 1 heterocycles. The third-order valence-corrected chi connectivity index (χ3v) is 5.33. The second kappa shape index (κ2) is 8.76. The van der Waals surface area contributed by atoms with Gasteiger partial charge in [-0.15, -0.1) is 11.8 Å². The van der Waals surface area contributed by atoms with E-state index < -0.39 is 0 Å². The van der Waals surface area contributed by atoms with Gasteiger partial charge < -0.3 is 14.4 Å². The van der Waals surface area contributed by atoms with Gasteiger partial charge in [-0.1, -0.05) is 30.3 Å². The van der Waals surface area contributed by atoms with E-state index in [1.165, 1.54) is 18.9 Å². The summed E-state index contributed by atoms with van der Waals surface area (Å²) in [6.07, 6.45) is 0. The molecule has 26 heavy (non-hydrogen) atoms. The van der Waals surface area contributed by atoms with E-state index in [4.69, 9.17) is 9.47 Å². The molecule has 0 spiro atoms. The van der Waals surface area contributed by atoms with Gasteiger partial charge in [-0.3, -0.25) is 9.59 Å². The fraction of sp³-hybridized carbons (Fsp3) is 0.300. The molecule has 1 saturated heterocycles. The lowest BCUT2D eigenvalue weighted by Gasteiger charge is -2.31. The first-order valence-corrected chi connectivity index (χ1v) is 9.48. The highest BCUT2D eigenvalue weighted by atomic mass is 32.2. The normalized spacial score (nSPS) is 16.8. The number of hydrogen-bond acceptors (Lipinski definition) is 5. The SMILES string of the molecule is COC(=O)[C@@H]1CN(C(=O)c2ccc(OCc3ccccc3)cc2)CCS1. The maximum absolute atomic E-state index is 12.7. The zero-order chi connectivity index (χ0) is 18.4. The van der Waals surface area contributed by atoms with Gasteiger partial charge in [0.2, 0.25) is 0 Å². The second-order valence-corrected chi connectivity index (χ2v) is 7.24. The van der Waals surface area contributed by atoms with Crippen LogP contribution in [0.15, 0.2) is 54.6 Å². The van der Waals surface area contributed by atoms with Crippen molar-refractivity contribution in [3.05, 3.63) is 65.7 Å². The van der Waals surface area contributed by atoms with Gasteiger partial charge in [0.05, 0.1) is 7.11 Å². The fourth-order valence-corrected chi connectivity index (χ4v) is 3.85. The van der Waals surface area contributed by atoms with Crippen molar-refractivity contribution in [1.29, 1.82) is 0 Å². The van der Waals surface area contributed by atoms with E-state index >= 15 is 0 Å².